The first kappa shape index (κ1) is 16.3. The maximum absolute atomic E-state index is 13.2. The molecule has 3 atom stereocenters. The van der Waals surface area contributed by atoms with Crippen molar-refractivity contribution in [1.82, 2.24) is 14.9 Å². The van der Waals surface area contributed by atoms with E-state index in [-0.39, 0.29) is 23.7 Å². The van der Waals surface area contributed by atoms with Gasteiger partial charge in [-0.25, -0.2) is 4.98 Å². The molecule has 1 aromatic carbocycles. The molecule has 1 aromatic heterocycles. The lowest BCUT2D eigenvalue weighted by Crippen LogP contribution is -2.52. The molecule has 1 aliphatic carbocycles. The highest BCUT2D eigenvalue weighted by molar-refractivity contribution is 5.98. The van der Waals surface area contributed by atoms with E-state index in [1.165, 1.54) is 0 Å². The second-order valence-corrected chi connectivity index (χ2v) is 6.95. The van der Waals surface area contributed by atoms with Gasteiger partial charge in [-0.15, -0.1) is 0 Å². The van der Waals surface area contributed by atoms with Crippen LogP contribution in [0.3, 0.4) is 0 Å². The van der Waals surface area contributed by atoms with Crippen LogP contribution in [-0.2, 0) is 4.74 Å². The number of ether oxygens (including phenoxy) is 1. The summed E-state index contributed by atoms with van der Waals surface area (Å²) in [5.74, 6) is -0.0746. The zero-order valence-corrected chi connectivity index (χ0v) is 14.3. The minimum absolute atomic E-state index is 0.0746. The fourth-order valence-corrected chi connectivity index (χ4v) is 4.34. The van der Waals surface area contributed by atoms with Crippen LogP contribution in [-0.4, -0.2) is 57.3 Å². The molecule has 25 heavy (non-hydrogen) atoms. The van der Waals surface area contributed by atoms with E-state index in [4.69, 9.17) is 4.74 Å². The molecule has 0 unspecified atom stereocenters. The number of aliphatic hydroxyl groups is 1. The number of amides is 1. The molecule has 1 saturated carbocycles. The number of hydrogen-bond acceptors (Lipinski definition) is 4. The van der Waals surface area contributed by atoms with Gasteiger partial charge >= 0.3 is 0 Å². The molecule has 132 valence electrons. The number of H-pyrrole nitrogens is 1. The van der Waals surface area contributed by atoms with Gasteiger partial charge in [0.05, 0.1) is 24.1 Å². The third-order valence-electron chi connectivity index (χ3n) is 5.72. The van der Waals surface area contributed by atoms with Crippen LogP contribution >= 0.6 is 0 Å². The lowest BCUT2D eigenvalue weighted by atomic mass is 9.79. The Hall–Kier alpha value is -2.18. The first-order valence-electron chi connectivity index (χ1n) is 8.77. The summed E-state index contributed by atoms with van der Waals surface area (Å²) in [6, 6.07) is 9.60. The number of imidazole rings is 1. The standard InChI is InChI=1S/C19H23N3O3/c1-25-19-8-7-14(23)11-15(19)22(10-9-19)18(24)17-16(20-12-21-17)13-5-3-2-4-6-13/h2-6,12,14-15,23H,7-11H2,1H3,(H,20,21)/t14-,15-,19+/m0/s1. The lowest BCUT2D eigenvalue weighted by Gasteiger charge is -2.42. The Morgan fingerprint density at radius 1 is 1.36 bits per heavy atom. The average molecular weight is 341 g/mol. The average Bonchev–Trinajstić information content (AvgIpc) is 3.27. The van der Waals surface area contributed by atoms with E-state index in [1.807, 2.05) is 35.2 Å². The predicted molar refractivity (Wildman–Crippen MR) is 93.1 cm³/mol. The second-order valence-electron chi connectivity index (χ2n) is 6.95. The SMILES string of the molecule is CO[C@@]12CC[C@H](O)C[C@@H]1N(C(=O)c1[nH]cnc1-c1ccccc1)CC2. The fraction of sp³-hybridized carbons (Fsp3) is 0.474. The molecule has 1 amide bonds. The number of fused-ring (bicyclic) bond motifs is 1. The maximum atomic E-state index is 13.2. The molecule has 6 heteroatoms. The molecule has 0 spiro atoms. The van der Waals surface area contributed by atoms with Crippen molar-refractivity contribution in [2.24, 2.45) is 0 Å². The normalized spacial score (nSPS) is 28.8. The number of likely N-dealkylation sites (tertiary alicyclic amines) is 1. The Balaban J connectivity index is 1.65. The number of rotatable bonds is 3. The van der Waals surface area contributed by atoms with Crippen LogP contribution in [0.2, 0.25) is 0 Å². The van der Waals surface area contributed by atoms with Gasteiger partial charge < -0.3 is 19.7 Å². The van der Waals surface area contributed by atoms with Crippen molar-refractivity contribution in [3.05, 3.63) is 42.4 Å². The van der Waals surface area contributed by atoms with E-state index in [0.717, 1.165) is 24.8 Å². The van der Waals surface area contributed by atoms with E-state index in [1.54, 1.807) is 13.4 Å². The number of aromatic nitrogens is 2. The Bertz CT molecular complexity index is 760. The van der Waals surface area contributed by atoms with Crippen LogP contribution in [0.5, 0.6) is 0 Å². The minimum atomic E-state index is -0.378. The van der Waals surface area contributed by atoms with Crippen LogP contribution in [0.25, 0.3) is 11.3 Å². The first-order chi connectivity index (χ1) is 12.1. The van der Waals surface area contributed by atoms with Gasteiger partial charge in [0.15, 0.2) is 0 Å². The van der Waals surface area contributed by atoms with Crippen LogP contribution in [0, 0.1) is 0 Å². The number of carbonyl (C=O) groups is 1. The molecule has 1 saturated heterocycles. The molecule has 4 rings (SSSR count). The van der Waals surface area contributed by atoms with E-state index < -0.39 is 0 Å². The molecular formula is C19H23N3O3. The van der Waals surface area contributed by atoms with Gasteiger partial charge in [0.1, 0.15) is 11.4 Å². The van der Waals surface area contributed by atoms with Crippen molar-refractivity contribution in [1.29, 1.82) is 0 Å². The number of methoxy groups -OCH3 is 1. The van der Waals surface area contributed by atoms with Crippen LogP contribution < -0.4 is 0 Å². The van der Waals surface area contributed by atoms with Crippen molar-refractivity contribution >= 4 is 5.91 Å². The zero-order valence-electron chi connectivity index (χ0n) is 14.3. The summed E-state index contributed by atoms with van der Waals surface area (Å²) >= 11 is 0. The second kappa shape index (κ2) is 6.28. The molecule has 6 nitrogen and oxygen atoms in total. The fourth-order valence-electron chi connectivity index (χ4n) is 4.34. The molecule has 2 N–H and O–H groups in total. The molecule has 2 heterocycles. The number of aliphatic hydroxyl groups excluding tert-OH is 1. The summed E-state index contributed by atoms with van der Waals surface area (Å²) in [7, 11) is 1.71. The van der Waals surface area contributed by atoms with Gasteiger partial charge in [0.25, 0.3) is 5.91 Å². The number of nitrogens with zero attached hydrogens (tertiary/aromatic N) is 2. The number of nitrogens with one attached hydrogen (secondary N) is 1. The predicted octanol–water partition coefficient (Wildman–Crippen LogP) is 2.22. The number of carbonyl (C=O) groups excluding carboxylic acids is 1. The van der Waals surface area contributed by atoms with Gasteiger partial charge in [-0.2, -0.15) is 0 Å². The Morgan fingerprint density at radius 3 is 2.92 bits per heavy atom. The first-order valence-corrected chi connectivity index (χ1v) is 8.77. The molecule has 2 aromatic rings. The maximum Gasteiger partial charge on any atom is 0.272 e. The Kier molecular flexibility index (Phi) is 4.09. The largest absolute Gasteiger partial charge is 0.393 e. The third-order valence-corrected chi connectivity index (χ3v) is 5.72. The highest BCUT2D eigenvalue weighted by Gasteiger charge is 2.52. The molecule has 0 radical (unpaired) electrons. The van der Waals surface area contributed by atoms with E-state index in [2.05, 4.69) is 9.97 Å². The minimum Gasteiger partial charge on any atom is -0.393 e. The number of aromatic amines is 1. The summed E-state index contributed by atoms with van der Waals surface area (Å²) in [6.07, 6.45) is 4.07. The van der Waals surface area contributed by atoms with Crippen molar-refractivity contribution < 1.29 is 14.6 Å². The van der Waals surface area contributed by atoms with Crippen molar-refractivity contribution in [3.8, 4) is 11.3 Å². The van der Waals surface area contributed by atoms with Gasteiger partial charge in [-0.05, 0) is 25.7 Å². The topological polar surface area (TPSA) is 78.5 Å². The third kappa shape index (κ3) is 2.65. The zero-order chi connectivity index (χ0) is 17.4. The van der Waals surface area contributed by atoms with E-state index in [9.17, 15) is 9.90 Å². The van der Waals surface area contributed by atoms with E-state index in [0.29, 0.717) is 24.4 Å². The van der Waals surface area contributed by atoms with Crippen LogP contribution in [0.4, 0.5) is 0 Å². The molecule has 2 fully saturated rings. The van der Waals surface area contributed by atoms with Gasteiger partial charge in [0, 0.05) is 19.2 Å². The molecule has 2 aliphatic rings. The van der Waals surface area contributed by atoms with Crippen molar-refractivity contribution in [2.75, 3.05) is 13.7 Å². The van der Waals surface area contributed by atoms with Gasteiger partial charge in [-0.1, -0.05) is 30.3 Å². The Morgan fingerprint density at radius 2 is 2.16 bits per heavy atom. The van der Waals surface area contributed by atoms with Crippen LogP contribution in [0.15, 0.2) is 36.7 Å². The summed E-state index contributed by atoms with van der Waals surface area (Å²) < 4.78 is 5.83. The van der Waals surface area contributed by atoms with Crippen LogP contribution in [0.1, 0.15) is 36.2 Å². The highest BCUT2D eigenvalue weighted by Crippen LogP contribution is 2.43. The van der Waals surface area contributed by atoms with Gasteiger partial charge in [-0.3, -0.25) is 4.79 Å². The van der Waals surface area contributed by atoms with Crippen molar-refractivity contribution in [2.45, 2.75) is 43.4 Å². The summed E-state index contributed by atoms with van der Waals surface area (Å²) in [4.78, 5) is 22.5. The smallest absolute Gasteiger partial charge is 0.272 e. The number of benzene rings is 1. The number of hydrogen-bond donors (Lipinski definition) is 2. The highest BCUT2D eigenvalue weighted by atomic mass is 16.5. The summed E-state index contributed by atoms with van der Waals surface area (Å²) in [6.45, 7) is 0.636. The molecular weight excluding hydrogens is 318 g/mol. The summed E-state index contributed by atoms with van der Waals surface area (Å²) in [5, 5.41) is 10.1. The quantitative estimate of drug-likeness (QED) is 0.897. The monoisotopic (exact) mass is 341 g/mol. The van der Waals surface area contributed by atoms with E-state index >= 15 is 0 Å². The molecule has 1 aliphatic heterocycles. The van der Waals surface area contributed by atoms with Gasteiger partial charge in [0.2, 0.25) is 0 Å². The molecule has 0 bridgehead atoms. The Labute approximate surface area is 146 Å². The summed E-state index contributed by atoms with van der Waals surface area (Å²) in [5.41, 5.74) is 1.74. The van der Waals surface area contributed by atoms with Crippen molar-refractivity contribution in [3.63, 3.8) is 0 Å². The lowest BCUT2D eigenvalue weighted by molar-refractivity contribution is -0.0824.